The molecule has 0 bridgehead atoms. The molecule has 206 valence electrons. The van der Waals surface area contributed by atoms with Crippen LogP contribution in [0.5, 0.6) is 0 Å². The number of hydrogen-bond acceptors (Lipinski definition) is 7. The summed E-state index contributed by atoms with van der Waals surface area (Å²) in [5, 5.41) is 5.40. The average molecular weight is 519 g/mol. The Labute approximate surface area is 219 Å². The molecule has 4 amide bonds. The van der Waals surface area contributed by atoms with Gasteiger partial charge < -0.3 is 25.9 Å². The molecular weight excluding hydrogens is 476 g/mol. The topological polar surface area (TPSA) is 148 Å². The van der Waals surface area contributed by atoms with E-state index < -0.39 is 48.5 Å². The zero-order valence-electron chi connectivity index (χ0n) is 22.6. The van der Waals surface area contributed by atoms with Crippen LogP contribution in [0.3, 0.4) is 0 Å². The van der Waals surface area contributed by atoms with Gasteiger partial charge in [0.15, 0.2) is 0 Å². The molecule has 0 aliphatic rings. The molecule has 1 aromatic rings. The van der Waals surface area contributed by atoms with Crippen molar-refractivity contribution in [2.45, 2.75) is 78.4 Å². The summed E-state index contributed by atoms with van der Waals surface area (Å²) in [6.07, 6.45) is 1.24. The van der Waals surface area contributed by atoms with Crippen LogP contribution in [0.4, 0.5) is 4.79 Å². The third kappa shape index (κ3) is 11.1. The van der Waals surface area contributed by atoms with Crippen molar-refractivity contribution in [2.75, 3.05) is 13.2 Å². The number of nitrogens with one attached hydrogen (secondary N) is 2. The van der Waals surface area contributed by atoms with Crippen molar-refractivity contribution < 1.29 is 28.7 Å². The summed E-state index contributed by atoms with van der Waals surface area (Å²) >= 11 is 0. The molecule has 3 atom stereocenters. The maximum atomic E-state index is 13.5. The van der Waals surface area contributed by atoms with Gasteiger partial charge in [0.05, 0.1) is 19.2 Å². The van der Waals surface area contributed by atoms with Crippen LogP contribution in [0.2, 0.25) is 0 Å². The zero-order chi connectivity index (χ0) is 28.0. The number of carbonyl (C=O) groups is 5. The highest BCUT2D eigenvalue weighted by Crippen LogP contribution is 2.11. The number of nitrogens with zero attached hydrogens (tertiary/aromatic N) is 1. The lowest BCUT2D eigenvalue weighted by atomic mass is 9.99. The van der Waals surface area contributed by atoms with Gasteiger partial charge in [-0.15, -0.1) is 0 Å². The summed E-state index contributed by atoms with van der Waals surface area (Å²) in [5.74, 6) is -1.92. The molecular formula is C27H42N4O6. The van der Waals surface area contributed by atoms with E-state index in [2.05, 4.69) is 10.6 Å². The third-order valence-corrected chi connectivity index (χ3v) is 5.73. The second kappa shape index (κ2) is 16.5. The molecule has 0 fully saturated rings. The van der Waals surface area contributed by atoms with E-state index in [0.29, 0.717) is 24.0 Å². The standard InChI is InChI=1S/C27H42N4O6/c1-6-7-15-37-27(36)31(13-14-32)26(35)22(17-20-11-9-8-10-12-20)30-24(33)21(16-18(2)3)29-25(34)23(28)19(4)5/h8-12,14,18-19,21-23H,6-7,13,15-17,28H2,1-5H3,(H,29,34)(H,30,33)/t21-,22-,23-/m0/s1. The largest absolute Gasteiger partial charge is 0.449 e. The van der Waals surface area contributed by atoms with Crippen molar-refractivity contribution >= 4 is 30.1 Å². The first-order chi connectivity index (χ1) is 17.5. The summed E-state index contributed by atoms with van der Waals surface area (Å²) in [6, 6.07) is 6.03. The number of imide groups is 1. The number of benzene rings is 1. The lowest BCUT2D eigenvalue weighted by molar-refractivity contribution is -0.137. The summed E-state index contributed by atoms with van der Waals surface area (Å²) in [5.41, 5.74) is 6.69. The van der Waals surface area contributed by atoms with Crippen LogP contribution >= 0.6 is 0 Å². The Morgan fingerprint density at radius 2 is 1.62 bits per heavy atom. The van der Waals surface area contributed by atoms with Gasteiger partial charge in [-0.05, 0) is 30.2 Å². The monoisotopic (exact) mass is 518 g/mol. The normalized spacial score (nSPS) is 13.4. The minimum Gasteiger partial charge on any atom is -0.449 e. The molecule has 0 spiro atoms. The van der Waals surface area contributed by atoms with Crippen LogP contribution in [0, 0.1) is 11.8 Å². The van der Waals surface area contributed by atoms with E-state index in [4.69, 9.17) is 10.5 Å². The number of amides is 4. The molecule has 0 heterocycles. The van der Waals surface area contributed by atoms with Crippen molar-refractivity contribution in [3.63, 3.8) is 0 Å². The Hall–Kier alpha value is -3.27. The van der Waals surface area contributed by atoms with Crippen molar-refractivity contribution in [3.05, 3.63) is 35.9 Å². The second-order valence-electron chi connectivity index (χ2n) is 9.79. The summed E-state index contributed by atoms with van der Waals surface area (Å²) < 4.78 is 5.15. The van der Waals surface area contributed by atoms with Crippen molar-refractivity contribution in [1.82, 2.24) is 15.5 Å². The number of ether oxygens (including phenoxy) is 1. The summed E-state index contributed by atoms with van der Waals surface area (Å²) in [4.78, 5) is 64.0. The first kappa shape index (κ1) is 31.8. The van der Waals surface area contributed by atoms with Crippen LogP contribution in [0.25, 0.3) is 0 Å². The van der Waals surface area contributed by atoms with E-state index in [1.54, 1.807) is 38.1 Å². The minimum absolute atomic E-state index is 0.0507. The number of unbranched alkanes of at least 4 members (excludes halogenated alkanes) is 1. The van der Waals surface area contributed by atoms with Gasteiger partial charge >= 0.3 is 6.09 Å². The highest BCUT2D eigenvalue weighted by atomic mass is 16.6. The molecule has 0 saturated carbocycles. The van der Waals surface area contributed by atoms with E-state index in [-0.39, 0.29) is 24.9 Å². The number of nitrogens with two attached hydrogens (primary N) is 1. The van der Waals surface area contributed by atoms with E-state index in [9.17, 15) is 24.0 Å². The van der Waals surface area contributed by atoms with Gasteiger partial charge in [0.2, 0.25) is 11.8 Å². The molecule has 37 heavy (non-hydrogen) atoms. The van der Waals surface area contributed by atoms with Gasteiger partial charge in [0.25, 0.3) is 5.91 Å². The lowest BCUT2D eigenvalue weighted by Crippen LogP contribution is -2.58. The van der Waals surface area contributed by atoms with Crippen LogP contribution < -0.4 is 16.4 Å². The number of aldehydes is 1. The number of hydrogen-bond donors (Lipinski definition) is 3. The first-order valence-electron chi connectivity index (χ1n) is 12.8. The molecule has 10 heteroatoms. The van der Waals surface area contributed by atoms with Crippen LogP contribution in [-0.4, -0.2) is 66.3 Å². The predicted octanol–water partition coefficient (Wildman–Crippen LogP) is 2.19. The lowest BCUT2D eigenvalue weighted by Gasteiger charge is -2.28. The molecule has 10 nitrogen and oxygen atoms in total. The van der Waals surface area contributed by atoms with Gasteiger partial charge in [-0.3, -0.25) is 14.4 Å². The van der Waals surface area contributed by atoms with E-state index in [1.807, 2.05) is 26.8 Å². The van der Waals surface area contributed by atoms with E-state index >= 15 is 0 Å². The molecule has 0 saturated heterocycles. The fraction of sp³-hybridized carbons (Fsp3) is 0.593. The predicted molar refractivity (Wildman–Crippen MR) is 140 cm³/mol. The molecule has 0 aliphatic heterocycles. The van der Waals surface area contributed by atoms with Gasteiger partial charge in [0.1, 0.15) is 18.4 Å². The van der Waals surface area contributed by atoms with Gasteiger partial charge in [-0.2, -0.15) is 0 Å². The number of rotatable bonds is 15. The second-order valence-corrected chi connectivity index (χ2v) is 9.79. The van der Waals surface area contributed by atoms with Gasteiger partial charge in [0, 0.05) is 6.42 Å². The Kier molecular flexibility index (Phi) is 14.1. The van der Waals surface area contributed by atoms with Crippen molar-refractivity contribution in [3.8, 4) is 0 Å². The molecule has 1 aromatic carbocycles. The Morgan fingerprint density at radius 3 is 2.16 bits per heavy atom. The average Bonchev–Trinajstić information content (AvgIpc) is 2.85. The minimum atomic E-state index is -1.18. The maximum Gasteiger partial charge on any atom is 0.416 e. The van der Waals surface area contributed by atoms with E-state index in [0.717, 1.165) is 12.0 Å². The molecule has 4 N–H and O–H groups in total. The van der Waals surface area contributed by atoms with Gasteiger partial charge in [-0.1, -0.05) is 71.4 Å². The van der Waals surface area contributed by atoms with Crippen molar-refractivity contribution in [2.24, 2.45) is 17.6 Å². The smallest absolute Gasteiger partial charge is 0.416 e. The molecule has 1 rings (SSSR count). The third-order valence-electron chi connectivity index (χ3n) is 5.73. The maximum absolute atomic E-state index is 13.5. The molecule has 0 unspecified atom stereocenters. The fourth-order valence-corrected chi connectivity index (χ4v) is 3.49. The Balaban J connectivity index is 3.22. The summed E-state index contributed by atoms with van der Waals surface area (Å²) in [7, 11) is 0. The summed E-state index contributed by atoms with van der Waals surface area (Å²) in [6.45, 7) is 8.93. The van der Waals surface area contributed by atoms with Crippen LogP contribution in [0.15, 0.2) is 30.3 Å². The quantitative estimate of drug-likeness (QED) is 0.238. The van der Waals surface area contributed by atoms with Crippen LogP contribution in [-0.2, 0) is 30.3 Å². The molecule has 0 radical (unpaired) electrons. The fourth-order valence-electron chi connectivity index (χ4n) is 3.49. The molecule has 0 aromatic heterocycles. The van der Waals surface area contributed by atoms with Gasteiger partial charge in [-0.25, -0.2) is 9.69 Å². The van der Waals surface area contributed by atoms with E-state index in [1.165, 1.54) is 0 Å². The zero-order valence-corrected chi connectivity index (χ0v) is 22.6. The van der Waals surface area contributed by atoms with Crippen LogP contribution in [0.1, 0.15) is 59.4 Å². The van der Waals surface area contributed by atoms with Crippen molar-refractivity contribution in [1.29, 1.82) is 0 Å². The highest BCUT2D eigenvalue weighted by Gasteiger charge is 2.34. The molecule has 0 aliphatic carbocycles. The Bertz CT molecular complexity index is 890. The highest BCUT2D eigenvalue weighted by molar-refractivity contribution is 5.99. The number of carbonyl (C=O) groups excluding carboxylic acids is 5. The first-order valence-corrected chi connectivity index (χ1v) is 12.8. The SMILES string of the molecule is CCCCOC(=O)N(CC=O)C(=O)[C@H](Cc1ccccc1)NC(=O)[C@H](CC(C)C)NC(=O)[C@@H](N)C(C)C. The Morgan fingerprint density at radius 1 is 1.00 bits per heavy atom.